The molecule has 1 N–H and O–H groups in total. The van der Waals surface area contributed by atoms with E-state index in [1.165, 1.54) is 6.07 Å². The van der Waals surface area contributed by atoms with E-state index in [0.717, 1.165) is 0 Å². The predicted molar refractivity (Wildman–Crippen MR) is 49.3 cm³/mol. The topological polar surface area (TPSA) is 38.7 Å². The highest BCUT2D eigenvalue weighted by Gasteiger charge is 2.08. The third-order valence-corrected chi connectivity index (χ3v) is 1.47. The van der Waals surface area contributed by atoms with Gasteiger partial charge in [0.1, 0.15) is 0 Å². The summed E-state index contributed by atoms with van der Waals surface area (Å²) in [6, 6.07) is 5.98. The molecule has 0 saturated carbocycles. The van der Waals surface area contributed by atoms with Crippen molar-refractivity contribution in [2.24, 2.45) is 0 Å². The van der Waals surface area contributed by atoms with Gasteiger partial charge < -0.3 is 14.6 Å². The van der Waals surface area contributed by atoms with E-state index in [0.29, 0.717) is 24.7 Å². The third-order valence-electron chi connectivity index (χ3n) is 1.47. The Labute approximate surface area is 77.9 Å². The Balaban J connectivity index is 2.95. The second kappa shape index (κ2) is 4.60. The smallest absolute Gasteiger partial charge is 0.203 e. The van der Waals surface area contributed by atoms with E-state index in [1.54, 1.807) is 6.07 Å². The summed E-state index contributed by atoms with van der Waals surface area (Å²) in [5, 5.41) is 9.42. The van der Waals surface area contributed by atoms with Gasteiger partial charge in [-0.2, -0.15) is 0 Å². The minimum absolute atomic E-state index is 0.0871. The Bertz CT molecular complexity index is 271. The largest absolute Gasteiger partial charge is 0.504 e. The highest BCUT2D eigenvalue weighted by atomic mass is 16.5. The molecule has 0 spiro atoms. The first kappa shape index (κ1) is 9.71. The maximum atomic E-state index is 9.42. The molecular weight excluding hydrogens is 168 g/mol. The van der Waals surface area contributed by atoms with Crippen molar-refractivity contribution >= 4 is 0 Å². The zero-order valence-electron chi connectivity index (χ0n) is 7.83. The molecule has 1 radical (unpaired) electrons. The molecule has 13 heavy (non-hydrogen) atoms. The van der Waals surface area contributed by atoms with Crippen molar-refractivity contribution in [3.8, 4) is 17.2 Å². The lowest BCUT2D eigenvalue weighted by Crippen LogP contribution is -1.98. The van der Waals surface area contributed by atoms with Crippen LogP contribution in [0.25, 0.3) is 0 Å². The molecule has 0 aliphatic rings. The van der Waals surface area contributed by atoms with Crippen LogP contribution in [0, 0.1) is 6.07 Å². The van der Waals surface area contributed by atoms with Crippen LogP contribution in [0.4, 0.5) is 0 Å². The van der Waals surface area contributed by atoms with Gasteiger partial charge in [-0.1, -0.05) is 0 Å². The fourth-order valence-electron chi connectivity index (χ4n) is 0.989. The van der Waals surface area contributed by atoms with E-state index in [-0.39, 0.29) is 5.75 Å². The molecule has 0 atom stereocenters. The summed E-state index contributed by atoms with van der Waals surface area (Å²) in [4.78, 5) is 0. The van der Waals surface area contributed by atoms with Gasteiger partial charge in [0.25, 0.3) is 0 Å². The van der Waals surface area contributed by atoms with Crippen molar-refractivity contribution in [1.29, 1.82) is 0 Å². The summed E-state index contributed by atoms with van der Waals surface area (Å²) >= 11 is 0. The van der Waals surface area contributed by atoms with Crippen LogP contribution in [0.1, 0.15) is 13.8 Å². The maximum absolute atomic E-state index is 9.42. The minimum Gasteiger partial charge on any atom is -0.504 e. The van der Waals surface area contributed by atoms with Crippen LogP contribution in [-0.4, -0.2) is 18.3 Å². The standard InChI is InChI=1S/C10H13O3/c1-3-12-9-7-5-6-8(11)10(9)13-4-2/h5-6,11H,3-4H2,1-2H3. The monoisotopic (exact) mass is 181 g/mol. The first-order valence-corrected chi connectivity index (χ1v) is 4.28. The van der Waals surface area contributed by atoms with Crippen molar-refractivity contribution in [2.45, 2.75) is 13.8 Å². The first-order valence-electron chi connectivity index (χ1n) is 4.28. The molecule has 0 saturated heterocycles. The van der Waals surface area contributed by atoms with Crippen LogP contribution >= 0.6 is 0 Å². The van der Waals surface area contributed by atoms with Gasteiger partial charge in [0, 0.05) is 6.07 Å². The highest BCUT2D eigenvalue weighted by Crippen LogP contribution is 2.35. The minimum atomic E-state index is 0.0871. The van der Waals surface area contributed by atoms with Crippen molar-refractivity contribution in [3.63, 3.8) is 0 Å². The van der Waals surface area contributed by atoms with Crippen molar-refractivity contribution in [1.82, 2.24) is 0 Å². The van der Waals surface area contributed by atoms with E-state index in [2.05, 4.69) is 6.07 Å². The lowest BCUT2D eigenvalue weighted by Gasteiger charge is -2.10. The highest BCUT2D eigenvalue weighted by molar-refractivity contribution is 5.49. The molecule has 71 valence electrons. The Morgan fingerprint density at radius 1 is 1.31 bits per heavy atom. The molecular formula is C10H13O3. The van der Waals surface area contributed by atoms with Crippen LogP contribution < -0.4 is 9.47 Å². The average Bonchev–Trinajstić information content (AvgIpc) is 2.11. The zero-order valence-corrected chi connectivity index (χ0v) is 7.83. The van der Waals surface area contributed by atoms with Crippen LogP contribution in [-0.2, 0) is 0 Å². The van der Waals surface area contributed by atoms with Crippen LogP contribution in [0.3, 0.4) is 0 Å². The van der Waals surface area contributed by atoms with Crippen molar-refractivity contribution < 1.29 is 14.6 Å². The lowest BCUT2D eigenvalue weighted by molar-refractivity contribution is 0.275. The molecule has 0 heterocycles. The fourth-order valence-corrected chi connectivity index (χ4v) is 0.989. The van der Waals surface area contributed by atoms with E-state index < -0.39 is 0 Å². The molecule has 3 nitrogen and oxygen atoms in total. The quantitative estimate of drug-likeness (QED) is 0.772. The molecule has 1 aromatic carbocycles. The summed E-state index contributed by atoms with van der Waals surface area (Å²) in [7, 11) is 0. The number of ether oxygens (including phenoxy) is 2. The summed E-state index contributed by atoms with van der Waals surface area (Å²) < 4.78 is 10.4. The van der Waals surface area contributed by atoms with Gasteiger partial charge in [-0.25, -0.2) is 0 Å². The van der Waals surface area contributed by atoms with E-state index in [1.807, 2.05) is 13.8 Å². The molecule has 0 fully saturated rings. The maximum Gasteiger partial charge on any atom is 0.203 e. The van der Waals surface area contributed by atoms with Crippen molar-refractivity contribution in [2.75, 3.05) is 13.2 Å². The van der Waals surface area contributed by atoms with Crippen LogP contribution in [0.2, 0.25) is 0 Å². The SMILES string of the molecule is CCOc1[c]ccc(O)c1OCC. The number of benzene rings is 1. The van der Waals surface area contributed by atoms with Crippen LogP contribution in [0.5, 0.6) is 17.2 Å². The second-order valence-corrected chi connectivity index (χ2v) is 2.39. The van der Waals surface area contributed by atoms with Gasteiger partial charge in [-0.3, -0.25) is 0 Å². The van der Waals surface area contributed by atoms with E-state index >= 15 is 0 Å². The Morgan fingerprint density at radius 2 is 2.00 bits per heavy atom. The first-order chi connectivity index (χ1) is 6.29. The predicted octanol–water partition coefficient (Wildman–Crippen LogP) is 1.99. The van der Waals surface area contributed by atoms with Gasteiger partial charge in [-0.05, 0) is 26.0 Å². The van der Waals surface area contributed by atoms with Gasteiger partial charge >= 0.3 is 0 Å². The number of rotatable bonds is 4. The van der Waals surface area contributed by atoms with Gasteiger partial charge in [0.15, 0.2) is 11.5 Å². The Hall–Kier alpha value is -1.38. The van der Waals surface area contributed by atoms with Gasteiger partial charge in [-0.15, -0.1) is 0 Å². The number of phenolic OH excluding ortho intramolecular Hbond substituents is 1. The molecule has 0 amide bonds. The molecule has 3 heteroatoms. The third kappa shape index (κ3) is 2.28. The lowest BCUT2D eigenvalue weighted by atomic mass is 10.3. The zero-order chi connectivity index (χ0) is 9.68. The van der Waals surface area contributed by atoms with Gasteiger partial charge in [0.05, 0.1) is 13.2 Å². The number of phenols is 1. The second-order valence-electron chi connectivity index (χ2n) is 2.39. The molecule has 1 aromatic rings. The number of hydrogen-bond donors (Lipinski definition) is 1. The molecule has 0 aromatic heterocycles. The van der Waals surface area contributed by atoms with Crippen LogP contribution in [0.15, 0.2) is 12.1 Å². The fraction of sp³-hybridized carbons (Fsp3) is 0.400. The summed E-state index contributed by atoms with van der Waals surface area (Å²) in [5.74, 6) is 0.917. The molecule has 0 aliphatic heterocycles. The summed E-state index contributed by atoms with van der Waals surface area (Å²) in [5.41, 5.74) is 0. The molecule has 0 unspecified atom stereocenters. The Kier molecular flexibility index (Phi) is 3.43. The molecule has 0 aliphatic carbocycles. The summed E-state index contributed by atoms with van der Waals surface area (Å²) in [6.45, 7) is 4.74. The molecule has 0 bridgehead atoms. The summed E-state index contributed by atoms with van der Waals surface area (Å²) in [6.07, 6.45) is 0. The van der Waals surface area contributed by atoms with E-state index in [4.69, 9.17) is 9.47 Å². The average molecular weight is 181 g/mol. The van der Waals surface area contributed by atoms with Gasteiger partial charge in [0.2, 0.25) is 5.75 Å². The normalized spacial score (nSPS) is 9.69. The molecule has 1 rings (SSSR count). The van der Waals surface area contributed by atoms with E-state index in [9.17, 15) is 5.11 Å². The van der Waals surface area contributed by atoms with Crippen molar-refractivity contribution in [3.05, 3.63) is 18.2 Å². The number of hydrogen-bond acceptors (Lipinski definition) is 3. The Morgan fingerprint density at radius 3 is 2.62 bits per heavy atom. The number of aromatic hydroxyl groups is 1.